The third kappa shape index (κ3) is 5.48. The van der Waals surface area contributed by atoms with Gasteiger partial charge >= 0.3 is 0 Å². The van der Waals surface area contributed by atoms with Gasteiger partial charge in [0.25, 0.3) is 0 Å². The Morgan fingerprint density at radius 1 is 0.808 bits per heavy atom. The lowest BCUT2D eigenvalue weighted by molar-refractivity contribution is 0.0986. The predicted molar refractivity (Wildman–Crippen MR) is 96.5 cm³/mol. The molecule has 3 aromatic heterocycles. The zero-order valence-corrected chi connectivity index (χ0v) is 16.4. The van der Waals surface area contributed by atoms with E-state index in [1.54, 1.807) is 36.9 Å². The summed E-state index contributed by atoms with van der Waals surface area (Å²) in [6.45, 7) is 0.316. The van der Waals surface area contributed by atoms with Crippen LogP contribution in [-0.4, -0.2) is 24.9 Å². The fourth-order valence-corrected chi connectivity index (χ4v) is 2.26. The van der Waals surface area contributed by atoms with E-state index in [-0.39, 0.29) is 25.7 Å². The topological polar surface area (TPSA) is 82.9 Å². The number of hydrogen-bond acceptors (Lipinski definition) is 7. The second-order valence-electron chi connectivity index (χ2n) is 5.02. The van der Waals surface area contributed by atoms with Gasteiger partial charge in [0.15, 0.2) is 11.6 Å². The van der Waals surface area contributed by atoms with Gasteiger partial charge in [0, 0.05) is 36.4 Å². The monoisotopic (exact) mass is 483 g/mol. The second kappa shape index (κ2) is 9.06. The van der Waals surface area contributed by atoms with Crippen molar-refractivity contribution in [2.75, 3.05) is 0 Å². The highest BCUT2D eigenvalue weighted by Crippen LogP contribution is 2.15. The number of ether oxygens (including phenoxy) is 2. The number of aromatic nitrogens is 5. The highest BCUT2D eigenvalue weighted by molar-refractivity contribution is 9.10. The van der Waals surface area contributed by atoms with Crippen molar-refractivity contribution in [3.63, 3.8) is 0 Å². The van der Waals surface area contributed by atoms with Gasteiger partial charge in [-0.15, -0.1) is 0 Å². The summed E-state index contributed by atoms with van der Waals surface area (Å²) >= 11 is 6.50. The Morgan fingerprint density at radius 3 is 1.96 bits per heavy atom. The molecule has 0 spiro atoms. The van der Waals surface area contributed by atoms with Crippen LogP contribution in [0, 0.1) is 5.95 Å². The summed E-state index contributed by atoms with van der Waals surface area (Å²) in [5.41, 5.74) is 0.314. The van der Waals surface area contributed by atoms with E-state index >= 15 is 0 Å². The molecule has 3 rings (SSSR count). The van der Waals surface area contributed by atoms with Crippen LogP contribution in [0.2, 0.25) is 0 Å². The maximum atomic E-state index is 14.1. The van der Waals surface area contributed by atoms with Crippen molar-refractivity contribution in [3.05, 3.63) is 69.0 Å². The fraction of sp³-hybridized carbons (Fsp3) is 0.188. The van der Waals surface area contributed by atoms with E-state index < -0.39 is 5.95 Å². The fourth-order valence-electron chi connectivity index (χ4n) is 1.85. The molecule has 0 aliphatic rings. The van der Waals surface area contributed by atoms with Crippen LogP contribution < -0.4 is 4.74 Å². The van der Waals surface area contributed by atoms with E-state index in [2.05, 4.69) is 56.8 Å². The van der Waals surface area contributed by atoms with E-state index in [1.165, 1.54) is 0 Å². The summed E-state index contributed by atoms with van der Waals surface area (Å²) in [7, 11) is 0. The Morgan fingerprint density at radius 2 is 1.38 bits per heavy atom. The smallest absolute Gasteiger partial charge is 0.221 e. The van der Waals surface area contributed by atoms with Crippen molar-refractivity contribution in [2.45, 2.75) is 19.8 Å². The summed E-state index contributed by atoms with van der Waals surface area (Å²) < 4.78 is 26.4. The van der Waals surface area contributed by atoms with Crippen molar-refractivity contribution in [1.29, 1.82) is 0 Å². The van der Waals surface area contributed by atoms with Crippen LogP contribution in [0.25, 0.3) is 0 Å². The molecule has 0 bridgehead atoms. The predicted octanol–water partition coefficient (Wildman–Crippen LogP) is 3.62. The van der Waals surface area contributed by atoms with Crippen LogP contribution in [0.3, 0.4) is 0 Å². The van der Waals surface area contributed by atoms with Gasteiger partial charge in [-0.2, -0.15) is 9.37 Å². The normalized spacial score (nSPS) is 10.7. The first-order valence-electron chi connectivity index (χ1n) is 7.39. The van der Waals surface area contributed by atoms with Crippen LogP contribution in [0.4, 0.5) is 4.39 Å². The van der Waals surface area contributed by atoms with Crippen LogP contribution in [-0.2, 0) is 24.6 Å². The molecular formula is C16H12Br2FN5O2. The first-order valence-corrected chi connectivity index (χ1v) is 8.97. The van der Waals surface area contributed by atoms with E-state index in [0.717, 1.165) is 8.95 Å². The van der Waals surface area contributed by atoms with Gasteiger partial charge in [-0.1, -0.05) is 0 Å². The minimum Gasteiger partial charge on any atom is -0.469 e. The van der Waals surface area contributed by atoms with Gasteiger partial charge in [0.2, 0.25) is 11.8 Å². The third-order valence-corrected chi connectivity index (χ3v) is 3.90. The Kier molecular flexibility index (Phi) is 6.53. The van der Waals surface area contributed by atoms with Crippen LogP contribution >= 0.6 is 31.9 Å². The number of pyridine rings is 1. The lowest BCUT2D eigenvalue weighted by Gasteiger charge is -2.07. The van der Waals surface area contributed by atoms with Gasteiger partial charge in [-0.3, -0.25) is 0 Å². The van der Waals surface area contributed by atoms with Crippen molar-refractivity contribution in [2.24, 2.45) is 0 Å². The molecule has 26 heavy (non-hydrogen) atoms. The lowest BCUT2D eigenvalue weighted by Crippen LogP contribution is -2.05. The largest absolute Gasteiger partial charge is 0.469 e. The van der Waals surface area contributed by atoms with Crippen molar-refractivity contribution < 1.29 is 13.9 Å². The van der Waals surface area contributed by atoms with Gasteiger partial charge in [0.05, 0.1) is 15.6 Å². The Hall–Kier alpha value is -2.04. The molecule has 0 aliphatic carbocycles. The lowest BCUT2D eigenvalue weighted by atomic mass is 10.3. The van der Waals surface area contributed by atoms with Crippen molar-refractivity contribution in [3.8, 4) is 5.88 Å². The Labute approximate surface area is 165 Å². The van der Waals surface area contributed by atoms with Crippen molar-refractivity contribution in [1.82, 2.24) is 24.9 Å². The third-order valence-electron chi connectivity index (χ3n) is 3.09. The SMILES string of the molecule is Fc1nc(OCc2ncc(Br)cn2)ccc1COCc1ncc(Br)cn1. The Bertz CT molecular complexity index is 866. The molecule has 0 fully saturated rings. The molecule has 0 unspecified atom stereocenters. The quantitative estimate of drug-likeness (QED) is 0.473. The summed E-state index contributed by atoms with van der Waals surface area (Å²) in [5, 5.41) is 0. The summed E-state index contributed by atoms with van der Waals surface area (Å²) in [6.07, 6.45) is 6.45. The summed E-state index contributed by atoms with van der Waals surface area (Å²) in [4.78, 5) is 20.1. The van der Waals surface area contributed by atoms with Gasteiger partial charge in [-0.05, 0) is 37.9 Å². The molecule has 0 atom stereocenters. The molecule has 3 aromatic rings. The maximum absolute atomic E-state index is 14.1. The highest BCUT2D eigenvalue weighted by atomic mass is 79.9. The van der Waals surface area contributed by atoms with Crippen LogP contribution in [0.1, 0.15) is 17.2 Å². The molecule has 10 heteroatoms. The zero-order chi connectivity index (χ0) is 18.4. The molecular weight excluding hydrogens is 473 g/mol. The van der Waals surface area contributed by atoms with Crippen LogP contribution in [0.15, 0.2) is 45.9 Å². The molecule has 7 nitrogen and oxygen atoms in total. The molecule has 0 aliphatic heterocycles. The second-order valence-corrected chi connectivity index (χ2v) is 6.85. The van der Waals surface area contributed by atoms with E-state index in [0.29, 0.717) is 17.2 Å². The van der Waals surface area contributed by atoms with Gasteiger partial charge in [-0.25, -0.2) is 19.9 Å². The number of hydrogen-bond donors (Lipinski definition) is 0. The maximum Gasteiger partial charge on any atom is 0.221 e. The first kappa shape index (κ1) is 18.7. The molecule has 3 heterocycles. The molecule has 0 N–H and O–H groups in total. The Balaban J connectivity index is 1.51. The molecule has 0 aromatic carbocycles. The molecule has 134 valence electrons. The molecule has 0 saturated carbocycles. The highest BCUT2D eigenvalue weighted by Gasteiger charge is 2.08. The minimum atomic E-state index is -0.657. The van der Waals surface area contributed by atoms with Gasteiger partial charge in [0.1, 0.15) is 13.2 Å². The van der Waals surface area contributed by atoms with Gasteiger partial charge < -0.3 is 9.47 Å². The number of rotatable bonds is 7. The molecule has 0 radical (unpaired) electrons. The molecule has 0 amide bonds. The number of nitrogens with zero attached hydrogens (tertiary/aromatic N) is 5. The van der Waals surface area contributed by atoms with Crippen LogP contribution in [0.5, 0.6) is 5.88 Å². The van der Waals surface area contributed by atoms with E-state index in [9.17, 15) is 4.39 Å². The molecule has 0 saturated heterocycles. The number of halogens is 3. The summed E-state index contributed by atoms with van der Waals surface area (Å²) in [6, 6.07) is 3.12. The average Bonchev–Trinajstić information content (AvgIpc) is 2.64. The average molecular weight is 485 g/mol. The standard InChI is InChI=1S/C16H12Br2FN5O2/c17-11-3-20-13(21-4-11)8-25-7-10-1-2-15(24-16(10)19)26-9-14-22-5-12(18)6-23-14/h1-6H,7-9H2. The minimum absolute atomic E-state index is 0.0500. The zero-order valence-electron chi connectivity index (χ0n) is 13.3. The summed E-state index contributed by atoms with van der Waals surface area (Å²) in [5.74, 6) is 0.471. The van der Waals surface area contributed by atoms with E-state index in [4.69, 9.17) is 9.47 Å². The first-order chi connectivity index (χ1) is 12.6. The van der Waals surface area contributed by atoms with Crippen molar-refractivity contribution >= 4 is 31.9 Å². The van der Waals surface area contributed by atoms with E-state index in [1.807, 2.05) is 0 Å².